The highest BCUT2D eigenvalue weighted by Gasteiger charge is 2.41. The highest BCUT2D eigenvalue weighted by atomic mass is 16.7. The van der Waals surface area contributed by atoms with Crippen molar-refractivity contribution in [3.63, 3.8) is 0 Å². The van der Waals surface area contributed by atoms with Gasteiger partial charge < -0.3 is 28.4 Å². The van der Waals surface area contributed by atoms with Gasteiger partial charge in [-0.05, 0) is 47.2 Å². The van der Waals surface area contributed by atoms with Crippen molar-refractivity contribution in [3.8, 4) is 28.7 Å². The third kappa shape index (κ3) is 3.02. The van der Waals surface area contributed by atoms with Crippen LogP contribution in [0.15, 0.2) is 30.3 Å². The Kier molecular flexibility index (Phi) is 4.98. The lowest BCUT2D eigenvalue weighted by Gasteiger charge is -2.20. The number of benzene rings is 2. The fourth-order valence-corrected chi connectivity index (χ4v) is 4.08. The van der Waals surface area contributed by atoms with Crippen molar-refractivity contribution in [3.05, 3.63) is 41.5 Å². The van der Waals surface area contributed by atoms with Gasteiger partial charge in [0, 0.05) is 0 Å². The maximum Gasteiger partial charge on any atom is 0.231 e. The number of hydrogen-bond donors (Lipinski definition) is 0. The fraction of sp³-hybridized carbons (Fsp3) is 0.455. The van der Waals surface area contributed by atoms with E-state index >= 15 is 0 Å². The van der Waals surface area contributed by atoms with E-state index in [0.717, 1.165) is 22.6 Å². The molecule has 0 saturated carbocycles. The highest BCUT2D eigenvalue weighted by Crippen LogP contribution is 2.52. The Hall–Kier alpha value is -2.60. The molecule has 0 unspecified atom stereocenters. The van der Waals surface area contributed by atoms with Crippen LogP contribution < -0.4 is 23.7 Å². The molecule has 4 rings (SSSR count). The summed E-state index contributed by atoms with van der Waals surface area (Å²) in [5.74, 6) is 4.03. The van der Waals surface area contributed by atoms with E-state index in [9.17, 15) is 0 Å². The molecule has 0 amide bonds. The van der Waals surface area contributed by atoms with E-state index in [1.165, 1.54) is 0 Å². The zero-order valence-electron chi connectivity index (χ0n) is 16.9. The van der Waals surface area contributed by atoms with Crippen LogP contribution >= 0.6 is 0 Å². The summed E-state index contributed by atoms with van der Waals surface area (Å²) in [6.45, 7) is 4.70. The van der Waals surface area contributed by atoms with Crippen molar-refractivity contribution in [2.24, 2.45) is 11.8 Å². The minimum absolute atomic E-state index is 0.0337. The van der Waals surface area contributed by atoms with Crippen molar-refractivity contribution in [1.29, 1.82) is 0 Å². The van der Waals surface area contributed by atoms with E-state index in [-0.39, 0.29) is 19.0 Å². The van der Waals surface area contributed by atoms with Gasteiger partial charge in [0.1, 0.15) is 0 Å². The topological polar surface area (TPSA) is 55.4 Å². The largest absolute Gasteiger partial charge is 0.493 e. The van der Waals surface area contributed by atoms with Gasteiger partial charge in [0.2, 0.25) is 12.5 Å². The average molecular weight is 386 g/mol. The van der Waals surface area contributed by atoms with Crippen LogP contribution in [0.5, 0.6) is 28.7 Å². The summed E-state index contributed by atoms with van der Waals surface area (Å²) in [4.78, 5) is 0. The Labute approximate surface area is 165 Å². The molecule has 150 valence electrons. The Morgan fingerprint density at radius 1 is 0.750 bits per heavy atom. The highest BCUT2D eigenvalue weighted by molar-refractivity contribution is 5.54. The molecule has 28 heavy (non-hydrogen) atoms. The number of hydrogen-bond acceptors (Lipinski definition) is 6. The van der Waals surface area contributed by atoms with Gasteiger partial charge >= 0.3 is 0 Å². The van der Waals surface area contributed by atoms with E-state index in [1.54, 1.807) is 21.3 Å². The first-order valence-corrected chi connectivity index (χ1v) is 9.42. The van der Waals surface area contributed by atoms with Crippen molar-refractivity contribution in [2.75, 3.05) is 28.1 Å². The Morgan fingerprint density at radius 2 is 1.36 bits per heavy atom. The number of fused-ring (bicyclic) bond motifs is 1. The molecule has 0 aliphatic carbocycles. The maximum atomic E-state index is 6.54. The summed E-state index contributed by atoms with van der Waals surface area (Å²) in [5.41, 5.74) is 2.11. The zero-order chi connectivity index (χ0) is 19.8. The molecule has 2 aliphatic rings. The molecule has 4 atom stereocenters. The van der Waals surface area contributed by atoms with Crippen LogP contribution in [0.2, 0.25) is 0 Å². The standard InChI is InChI=1S/C22H26O6/c1-12-13(2)21(15-9-18(23-3)22(25-5)19(10-15)24-4)28-20(12)14-6-7-16-17(8-14)27-11-26-16/h6-10,12-13,20-21H,11H2,1-5H3/t12-,13+,20+,21+/m1/s1. The lowest BCUT2D eigenvalue weighted by Crippen LogP contribution is -2.10. The second kappa shape index (κ2) is 7.43. The third-order valence-electron chi connectivity index (χ3n) is 5.82. The van der Waals surface area contributed by atoms with Crippen LogP contribution in [0.1, 0.15) is 37.2 Å². The minimum atomic E-state index is -0.0841. The van der Waals surface area contributed by atoms with Crippen LogP contribution in [-0.4, -0.2) is 28.1 Å². The smallest absolute Gasteiger partial charge is 0.231 e. The Bertz CT molecular complexity index is 839. The van der Waals surface area contributed by atoms with Crippen LogP contribution in [0.25, 0.3) is 0 Å². The lowest BCUT2D eigenvalue weighted by molar-refractivity contribution is 0.0287. The molecule has 6 heteroatoms. The molecule has 1 fully saturated rings. The van der Waals surface area contributed by atoms with Gasteiger partial charge in [0.25, 0.3) is 0 Å². The van der Waals surface area contributed by atoms with Gasteiger partial charge in [-0.15, -0.1) is 0 Å². The molecule has 0 aromatic heterocycles. The fourth-order valence-electron chi connectivity index (χ4n) is 4.08. The zero-order valence-corrected chi connectivity index (χ0v) is 16.9. The minimum Gasteiger partial charge on any atom is -0.493 e. The first kappa shape index (κ1) is 18.7. The first-order valence-electron chi connectivity index (χ1n) is 9.42. The number of ether oxygens (including phenoxy) is 6. The van der Waals surface area contributed by atoms with Crippen LogP contribution in [0.4, 0.5) is 0 Å². The summed E-state index contributed by atoms with van der Waals surface area (Å²) < 4.78 is 34.0. The molecular weight excluding hydrogens is 360 g/mol. The Balaban J connectivity index is 1.66. The Morgan fingerprint density at radius 3 is 1.96 bits per heavy atom. The van der Waals surface area contributed by atoms with Crippen molar-refractivity contribution in [2.45, 2.75) is 26.1 Å². The molecule has 0 spiro atoms. The summed E-state index contributed by atoms with van der Waals surface area (Å²) in [5, 5.41) is 0. The number of methoxy groups -OCH3 is 3. The van der Waals surface area contributed by atoms with Crippen LogP contribution in [0, 0.1) is 11.8 Å². The maximum absolute atomic E-state index is 6.54. The third-order valence-corrected chi connectivity index (χ3v) is 5.82. The second-order valence-corrected chi connectivity index (χ2v) is 7.27. The quantitative estimate of drug-likeness (QED) is 0.753. The normalized spacial score (nSPS) is 25.6. The van der Waals surface area contributed by atoms with Gasteiger partial charge in [0.05, 0.1) is 33.5 Å². The number of rotatable bonds is 5. The SMILES string of the molecule is COc1cc([C@H]2O[C@H](c3ccc4c(c3)OCO4)[C@H](C)[C@@H]2C)cc(OC)c1OC. The second-order valence-electron chi connectivity index (χ2n) is 7.27. The first-order chi connectivity index (χ1) is 13.6. The molecule has 2 aliphatic heterocycles. The molecule has 0 radical (unpaired) electrons. The van der Waals surface area contributed by atoms with Gasteiger partial charge in [-0.2, -0.15) is 0 Å². The molecule has 6 nitrogen and oxygen atoms in total. The summed E-state index contributed by atoms with van der Waals surface area (Å²) in [7, 11) is 4.85. The van der Waals surface area contributed by atoms with E-state index in [1.807, 2.05) is 24.3 Å². The summed E-state index contributed by atoms with van der Waals surface area (Å²) in [6.07, 6.45) is -0.118. The van der Waals surface area contributed by atoms with Gasteiger partial charge in [-0.25, -0.2) is 0 Å². The predicted molar refractivity (Wildman–Crippen MR) is 104 cm³/mol. The van der Waals surface area contributed by atoms with Crippen molar-refractivity contribution in [1.82, 2.24) is 0 Å². The molecular formula is C22H26O6. The molecule has 2 aromatic rings. The summed E-state index contributed by atoms with van der Waals surface area (Å²) >= 11 is 0. The van der Waals surface area contributed by atoms with Crippen LogP contribution in [0.3, 0.4) is 0 Å². The molecule has 2 heterocycles. The summed E-state index contributed by atoms with van der Waals surface area (Å²) in [6, 6.07) is 9.96. The molecule has 0 bridgehead atoms. The molecule has 0 N–H and O–H groups in total. The molecule has 1 saturated heterocycles. The van der Waals surface area contributed by atoms with E-state index in [4.69, 9.17) is 28.4 Å². The van der Waals surface area contributed by atoms with Crippen molar-refractivity contribution >= 4 is 0 Å². The lowest BCUT2D eigenvalue weighted by atomic mass is 9.85. The molecule has 2 aromatic carbocycles. The monoisotopic (exact) mass is 386 g/mol. The van der Waals surface area contributed by atoms with E-state index < -0.39 is 0 Å². The average Bonchev–Trinajstić information content (AvgIpc) is 3.31. The van der Waals surface area contributed by atoms with Gasteiger partial charge in [-0.1, -0.05) is 19.9 Å². The van der Waals surface area contributed by atoms with Gasteiger partial charge in [0.15, 0.2) is 23.0 Å². The predicted octanol–water partition coefficient (Wildman–Crippen LogP) is 4.53. The van der Waals surface area contributed by atoms with E-state index in [0.29, 0.717) is 29.1 Å². The van der Waals surface area contributed by atoms with E-state index in [2.05, 4.69) is 19.9 Å². The van der Waals surface area contributed by atoms with Crippen molar-refractivity contribution < 1.29 is 28.4 Å². The van der Waals surface area contributed by atoms with Crippen LogP contribution in [-0.2, 0) is 4.74 Å². The van der Waals surface area contributed by atoms with Gasteiger partial charge in [-0.3, -0.25) is 0 Å².